The lowest BCUT2D eigenvalue weighted by molar-refractivity contribution is 0.234. The molecule has 0 amide bonds. The lowest BCUT2D eigenvalue weighted by atomic mass is 9.92. The SMILES string of the molecule is CC(C)(C)CCNc1ccc(S(=O)(=O)C(F)F)cc1. The number of halogens is 2. The standard InChI is InChI=1S/C13H19F2NO2S/c1-13(2,3)8-9-16-10-4-6-11(7-5-10)19(17,18)12(14)15/h4-7,12,16H,8-9H2,1-3H3. The number of benzene rings is 1. The van der Waals surface area contributed by atoms with Gasteiger partial charge < -0.3 is 5.32 Å². The Morgan fingerprint density at radius 2 is 1.68 bits per heavy atom. The van der Waals surface area contributed by atoms with Crippen molar-refractivity contribution in [3.8, 4) is 0 Å². The topological polar surface area (TPSA) is 46.2 Å². The highest BCUT2D eigenvalue weighted by Crippen LogP contribution is 2.21. The Balaban J connectivity index is 2.68. The molecule has 0 aliphatic carbocycles. The summed E-state index contributed by atoms with van der Waals surface area (Å²) in [6.45, 7) is 7.09. The van der Waals surface area contributed by atoms with Gasteiger partial charge in [-0.2, -0.15) is 8.78 Å². The zero-order chi connectivity index (χ0) is 14.7. The van der Waals surface area contributed by atoms with Crippen LogP contribution in [0.5, 0.6) is 0 Å². The number of anilines is 1. The Kier molecular flexibility index (Phi) is 4.90. The molecule has 0 spiro atoms. The van der Waals surface area contributed by atoms with Gasteiger partial charge in [0.25, 0.3) is 0 Å². The van der Waals surface area contributed by atoms with E-state index in [1.165, 1.54) is 24.3 Å². The van der Waals surface area contributed by atoms with Crippen molar-refractivity contribution in [3.63, 3.8) is 0 Å². The van der Waals surface area contributed by atoms with Crippen LogP contribution in [0.25, 0.3) is 0 Å². The lowest BCUT2D eigenvalue weighted by Crippen LogP contribution is -2.13. The zero-order valence-electron chi connectivity index (χ0n) is 11.3. The summed E-state index contributed by atoms with van der Waals surface area (Å²) in [5.74, 6) is -3.38. The Hall–Kier alpha value is -1.17. The van der Waals surface area contributed by atoms with Crippen LogP contribution in [0, 0.1) is 5.41 Å². The quantitative estimate of drug-likeness (QED) is 0.902. The molecule has 0 heterocycles. The molecule has 0 radical (unpaired) electrons. The van der Waals surface area contributed by atoms with Crippen molar-refractivity contribution in [2.24, 2.45) is 5.41 Å². The van der Waals surface area contributed by atoms with Crippen LogP contribution in [0.3, 0.4) is 0 Å². The first-order chi connectivity index (χ1) is 8.63. The van der Waals surface area contributed by atoms with E-state index in [0.29, 0.717) is 0 Å². The van der Waals surface area contributed by atoms with E-state index in [1.54, 1.807) is 0 Å². The molecule has 1 rings (SSSR count). The molecule has 1 aromatic rings. The van der Waals surface area contributed by atoms with Gasteiger partial charge in [-0.05, 0) is 36.1 Å². The van der Waals surface area contributed by atoms with Gasteiger partial charge in [0.05, 0.1) is 4.90 Å². The van der Waals surface area contributed by atoms with Crippen LogP contribution in [0.1, 0.15) is 27.2 Å². The van der Waals surface area contributed by atoms with E-state index in [1.807, 2.05) is 0 Å². The van der Waals surface area contributed by atoms with Gasteiger partial charge in [0.15, 0.2) is 0 Å². The minimum absolute atomic E-state index is 0.200. The molecule has 3 nitrogen and oxygen atoms in total. The maximum atomic E-state index is 12.3. The molecule has 0 aliphatic rings. The summed E-state index contributed by atoms with van der Waals surface area (Å²) in [4.78, 5) is -0.358. The van der Waals surface area contributed by atoms with E-state index in [0.717, 1.165) is 18.7 Å². The van der Waals surface area contributed by atoms with Crippen LogP contribution >= 0.6 is 0 Å². The molecule has 108 valence electrons. The molecule has 0 saturated heterocycles. The molecule has 6 heteroatoms. The molecular weight excluding hydrogens is 272 g/mol. The molecule has 19 heavy (non-hydrogen) atoms. The number of hydrogen-bond acceptors (Lipinski definition) is 3. The van der Waals surface area contributed by atoms with Crippen molar-refractivity contribution in [3.05, 3.63) is 24.3 Å². The predicted molar refractivity (Wildman–Crippen MR) is 72.2 cm³/mol. The predicted octanol–water partition coefficient (Wildman–Crippen LogP) is 3.53. The monoisotopic (exact) mass is 291 g/mol. The van der Waals surface area contributed by atoms with Crippen molar-refractivity contribution in [1.82, 2.24) is 0 Å². The molecular formula is C13H19F2NO2S. The average Bonchev–Trinajstić information content (AvgIpc) is 2.27. The summed E-state index contributed by atoms with van der Waals surface area (Å²) in [6.07, 6.45) is 0.948. The van der Waals surface area contributed by atoms with Crippen LogP contribution in [0.4, 0.5) is 14.5 Å². The van der Waals surface area contributed by atoms with Crippen molar-refractivity contribution in [2.45, 2.75) is 37.8 Å². The van der Waals surface area contributed by atoms with Gasteiger partial charge >= 0.3 is 5.76 Å². The maximum Gasteiger partial charge on any atom is 0.341 e. The van der Waals surface area contributed by atoms with Crippen LogP contribution in [0.15, 0.2) is 29.2 Å². The first kappa shape index (κ1) is 15.9. The largest absolute Gasteiger partial charge is 0.385 e. The van der Waals surface area contributed by atoms with Gasteiger partial charge in [0, 0.05) is 12.2 Å². The first-order valence-electron chi connectivity index (χ1n) is 5.99. The minimum Gasteiger partial charge on any atom is -0.385 e. The van der Waals surface area contributed by atoms with Gasteiger partial charge in [-0.1, -0.05) is 20.8 Å². The third-order valence-corrected chi connectivity index (χ3v) is 4.02. The third-order valence-electron chi connectivity index (χ3n) is 2.62. The molecule has 0 aliphatic heterocycles. The van der Waals surface area contributed by atoms with E-state index in [2.05, 4.69) is 26.1 Å². The van der Waals surface area contributed by atoms with E-state index in [4.69, 9.17) is 0 Å². The Morgan fingerprint density at radius 3 is 2.11 bits per heavy atom. The minimum atomic E-state index is -4.50. The lowest BCUT2D eigenvalue weighted by Gasteiger charge is -2.18. The van der Waals surface area contributed by atoms with Crippen LogP contribution in [-0.2, 0) is 9.84 Å². The molecule has 0 bridgehead atoms. The second kappa shape index (κ2) is 5.86. The first-order valence-corrected chi connectivity index (χ1v) is 7.53. The number of sulfone groups is 1. The summed E-state index contributed by atoms with van der Waals surface area (Å²) in [7, 11) is -4.50. The van der Waals surface area contributed by atoms with E-state index in [-0.39, 0.29) is 10.3 Å². The van der Waals surface area contributed by atoms with E-state index >= 15 is 0 Å². The number of hydrogen-bond donors (Lipinski definition) is 1. The molecule has 0 fully saturated rings. The van der Waals surface area contributed by atoms with Crippen molar-refractivity contribution >= 4 is 15.5 Å². The van der Waals surface area contributed by atoms with Crippen molar-refractivity contribution in [1.29, 1.82) is 0 Å². The Bertz CT molecular complexity index is 504. The van der Waals surface area contributed by atoms with Crippen LogP contribution in [0.2, 0.25) is 0 Å². The van der Waals surface area contributed by atoms with Gasteiger partial charge in [0.1, 0.15) is 0 Å². The van der Waals surface area contributed by atoms with E-state index < -0.39 is 15.6 Å². The molecule has 0 saturated carbocycles. The van der Waals surface area contributed by atoms with E-state index in [9.17, 15) is 17.2 Å². The summed E-state index contributed by atoms with van der Waals surface area (Å²) in [6, 6.07) is 5.39. The summed E-state index contributed by atoms with van der Waals surface area (Å²) in [5.41, 5.74) is 0.920. The highest BCUT2D eigenvalue weighted by atomic mass is 32.2. The van der Waals surface area contributed by atoms with Gasteiger partial charge in [-0.3, -0.25) is 0 Å². The number of rotatable bonds is 5. The highest BCUT2D eigenvalue weighted by molar-refractivity contribution is 7.91. The van der Waals surface area contributed by atoms with Crippen molar-refractivity contribution in [2.75, 3.05) is 11.9 Å². The second-order valence-electron chi connectivity index (χ2n) is 5.57. The number of nitrogens with one attached hydrogen (secondary N) is 1. The third kappa shape index (κ3) is 4.78. The normalized spacial score (nSPS) is 12.7. The average molecular weight is 291 g/mol. The fourth-order valence-electron chi connectivity index (χ4n) is 1.45. The summed E-state index contributed by atoms with van der Waals surface area (Å²) >= 11 is 0. The summed E-state index contributed by atoms with van der Waals surface area (Å²) < 4.78 is 47.1. The molecule has 1 aromatic carbocycles. The van der Waals surface area contributed by atoms with Gasteiger partial charge in [-0.15, -0.1) is 0 Å². The van der Waals surface area contributed by atoms with Crippen molar-refractivity contribution < 1.29 is 17.2 Å². The fourth-order valence-corrected chi connectivity index (χ4v) is 2.17. The zero-order valence-corrected chi connectivity index (χ0v) is 12.1. The van der Waals surface area contributed by atoms with Gasteiger partial charge in [0.2, 0.25) is 9.84 Å². The molecule has 0 aromatic heterocycles. The summed E-state index contributed by atoms with van der Waals surface area (Å²) in [5, 5.41) is 3.13. The molecule has 1 N–H and O–H groups in total. The fraction of sp³-hybridized carbons (Fsp3) is 0.538. The van der Waals surface area contributed by atoms with Crippen LogP contribution < -0.4 is 5.32 Å². The number of alkyl halides is 2. The van der Waals surface area contributed by atoms with Gasteiger partial charge in [-0.25, -0.2) is 8.42 Å². The van der Waals surface area contributed by atoms with Crippen LogP contribution in [-0.4, -0.2) is 20.7 Å². The smallest absolute Gasteiger partial charge is 0.341 e. The highest BCUT2D eigenvalue weighted by Gasteiger charge is 2.26. The second-order valence-corrected chi connectivity index (χ2v) is 7.49. The Morgan fingerprint density at radius 1 is 1.16 bits per heavy atom. The molecule has 0 atom stereocenters. The molecule has 0 unspecified atom stereocenters. The maximum absolute atomic E-state index is 12.3. The Labute approximate surface area is 112 Å².